The van der Waals surface area contributed by atoms with Crippen molar-refractivity contribution < 1.29 is 14.3 Å². The van der Waals surface area contributed by atoms with E-state index in [4.69, 9.17) is 4.74 Å². The first kappa shape index (κ1) is 18.3. The molecule has 1 aliphatic rings. The molecule has 0 bridgehead atoms. The molecule has 1 aliphatic heterocycles. The third-order valence-corrected chi connectivity index (χ3v) is 4.72. The highest BCUT2D eigenvalue weighted by molar-refractivity contribution is 5.95. The van der Waals surface area contributed by atoms with Gasteiger partial charge in [-0.15, -0.1) is 0 Å². The standard InChI is InChI=1S/C20H24N2O4/c1-20(2,3)16(23)12-26-19(25)13-8-9-14-15(11-13)21-17-7-5-4-6-10-22(17)18(14)24/h8-9,11H,4-7,10,12H2,1-3H3. The molecule has 0 amide bonds. The van der Waals surface area contributed by atoms with Crippen LogP contribution in [-0.2, 0) is 22.5 Å². The summed E-state index contributed by atoms with van der Waals surface area (Å²) in [7, 11) is 0. The maximum atomic E-state index is 12.7. The third kappa shape index (κ3) is 3.69. The SMILES string of the molecule is CC(C)(C)C(=O)COC(=O)c1ccc2c(=O)n3c(nc2c1)CCCCC3. The Kier molecular flexibility index (Phi) is 4.94. The predicted molar refractivity (Wildman–Crippen MR) is 98.3 cm³/mol. The van der Waals surface area contributed by atoms with E-state index in [1.165, 1.54) is 0 Å². The molecule has 0 N–H and O–H groups in total. The van der Waals surface area contributed by atoms with Crippen LogP contribution >= 0.6 is 0 Å². The van der Waals surface area contributed by atoms with Crippen LogP contribution in [0.3, 0.4) is 0 Å². The highest BCUT2D eigenvalue weighted by atomic mass is 16.5. The predicted octanol–water partition coefficient (Wildman–Crippen LogP) is 2.89. The molecule has 2 heterocycles. The highest BCUT2D eigenvalue weighted by Gasteiger charge is 2.23. The van der Waals surface area contributed by atoms with E-state index in [0.29, 0.717) is 23.0 Å². The van der Waals surface area contributed by atoms with Crippen LogP contribution in [0.4, 0.5) is 0 Å². The molecule has 0 unspecified atom stereocenters. The van der Waals surface area contributed by atoms with Gasteiger partial charge in [-0.25, -0.2) is 9.78 Å². The fourth-order valence-corrected chi connectivity index (χ4v) is 2.98. The van der Waals surface area contributed by atoms with Crippen LogP contribution in [0.15, 0.2) is 23.0 Å². The molecule has 2 aromatic rings. The lowest BCUT2D eigenvalue weighted by atomic mass is 9.91. The van der Waals surface area contributed by atoms with Crippen LogP contribution in [0, 0.1) is 5.41 Å². The number of carbonyl (C=O) groups excluding carboxylic acids is 2. The lowest BCUT2D eigenvalue weighted by molar-refractivity contribution is -0.129. The number of carbonyl (C=O) groups is 2. The number of Topliss-reactive ketones (excluding diaryl/α,β-unsaturated/α-hetero) is 1. The molecule has 0 saturated heterocycles. The number of benzene rings is 1. The molecular weight excluding hydrogens is 332 g/mol. The quantitative estimate of drug-likeness (QED) is 0.790. The van der Waals surface area contributed by atoms with Crippen molar-refractivity contribution >= 4 is 22.7 Å². The maximum Gasteiger partial charge on any atom is 0.338 e. The molecule has 0 aliphatic carbocycles. The number of aromatic nitrogens is 2. The fraction of sp³-hybridized carbons (Fsp3) is 0.500. The topological polar surface area (TPSA) is 78.3 Å². The number of ketones is 1. The number of hydrogen-bond donors (Lipinski definition) is 0. The van der Waals surface area contributed by atoms with Crippen molar-refractivity contribution in [2.45, 2.75) is 53.0 Å². The van der Waals surface area contributed by atoms with Gasteiger partial charge >= 0.3 is 5.97 Å². The lowest BCUT2D eigenvalue weighted by Gasteiger charge is -2.16. The summed E-state index contributed by atoms with van der Waals surface area (Å²) in [5.41, 5.74) is 0.177. The van der Waals surface area contributed by atoms with Crippen molar-refractivity contribution in [3.05, 3.63) is 39.9 Å². The average Bonchev–Trinajstić information content (AvgIpc) is 2.83. The van der Waals surface area contributed by atoms with Crippen molar-refractivity contribution in [2.24, 2.45) is 5.41 Å². The van der Waals surface area contributed by atoms with E-state index in [9.17, 15) is 14.4 Å². The Labute approximate surface area is 152 Å². The second-order valence-electron chi connectivity index (χ2n) is 7.78. The third-order valence-electron chi connectivity index (χ3n) is 4.72. The average molecular weight is 356 g/mol. The number of hydrogen-bond acceptors (Lipinski definition) is 5. The van der Waals surface area contributed by atoms with Gasteiger partial charge in [-0.2, -0.15) is 0 Å². The summed E-state index contributed by atoms with van der Waals surface area (Å²) >= 11 is 0. The van der Waals surface area contributed by atoms with Gasteiger partial charge in [0.15, 0.2) is 12.4 Å². The summed E-state index contributed by atoms with van der Waals surface area (Å²) in [6, 6.07) is 4.75. The molecule has 6 nitrogen and oxygen atoms in total. The number of rotatable bonds is 3. The van der Waals surface area contributed by atoms with E-state index in [1.807, 2.05) is 0 Å². The molecule has 138 valence electrons. The first-order chi connectivity index (χ1) is 12.3. The van der Waals surface area contributed by atoms with Crippen molar-refractivity contribution in [3.63, 3.8) is 0 Å². The van der Waals surface area contributed by atoms with Gasteiger partial charge < -0.3 is 4.74 Å². The molecule has 6 heteroatoms. The zero-order valence-corrected chi connectivity index (χ0v) is 15.5. The second-order valence-corrected chi connectivity index (χ2v) is 7.78. The summed E-state index contributed by atoms with van der Waals surface area (Å²) in [5, 5.41) is 0.498. The molecule has 0 spiro atoms. The van der Waals surface area contributed by atoms with Gasteiger partial charge in [0, 0.05) is 18.4 Å². The Bertz CT molecular complexity index is 922. The molecule has 1 aromatic heterocycles. The Morgan fingerprint density at radius 3 is 2.69 bits per heavy atom. The summed E-state index contributed by atoms with van der Waals surface area (Å²) < 4.78 is 6.87. The Balaban J connectivity index is 1.88. The smallest absolute Gasteiger partial charge is 0.338 e. The van der Waals surface area contributed by atoms with Gasteiger partial charge in [0.05, 0.1) is 16.5 Å². The lowest BCUT2D eigenvalue weighted by Crippen LogP contribution is -2.26. The minimum absolute atomic E-state index is 0.0604. The van der Waals surface area contributed by atoms with Crippen molar-refractivity contribution in [3.8, 4) is 0 Å². The Morgan fingerprint density at radius 1 is 1.19 bits per heavy atom. The monoisotopic (exact) mass is 356 g/mol. The van der Waals surface area contributed by atoms with E-state index >= 15 is 0 Å². The second kappa shape index (κ2) is 7.02. The van der Waals surface area contributed by atoms with Crippen molar-refractivity contribution in [1.82, 2.24) is 9.55 Å². The van der Waals surface area contributed by atoms with Crippen LogP contribution in [0.1, 0.15) is 56.2 Å². The van der Waals surface area contributed by atoms with Crippen LogP contribution < -0.4 is 5.56 Å². The van der Waals surface area contributed by atoms with Crippen LogP contribution in [0.25, 0.3) is 10.9 Å². The summed E-state index contributed by atoms with van der Waals surface area (Å²) in [6.07, 6.45) is 3.83. The molecule has 0 fully saturated rings. The van der Waals surface area contributed by atoms with E-state index in [2.05, 4.69) is 4.98 Å². The maximum absolute atomic E-state index is 12.7. The van der Waals surface area contributed by atoms with Crippen LogP contribution in [0.2, 0.25) is 0 Å². The first-order valence-electron chi connectivity index (χ1n) is 9.01. The van der Waals surface area contributed by atoms with Gasteiger partial charge in [-0.3, -0.25) is 14.2 Å². The van der Waals surface area contributed by atoms with Crippen LogP contribution in [0.5, 0.6) is 0 Å². The van der Waals surface area contributed by atoms with Gasteiger partial charge in [-0.05, 0) is 31.0 Å². The van der Waals surface area contributed by atoms with Gasteiger partial charge in [0.1, 0.15) is 5.82 Å². The van der Waals surface area contributed by atoms with Crippen molar-refractivity contribution in [2.75, 3.05) is 6.61 Å². The molecule has 3 rings (SSSR count). The van der Waals surface area contributed by atoms with E-state index in [-0.39, 0.29) is 17.9 Å². The molecule has 0 radical (unpaired) electrons. The minimum atomic E-state index is -0.582. The number of fused-ring (bicyclic) bond motifs is 2. The minimum Gasteiger partial charge on any atom is -0.454 e. The molecule has 0 atom stereocenters. The van der Waals surface area contributed by atoms with E-state index < -0.39 is 11.4 Å². The fourth-order valence-electron chi connectivity index (χ4n) is 2.98. The van der Waals surface area contributed by atoms with Gasteiger partial charge in [-0.1, -0.05) is 27.2 Å². The first-order valence-corrected chi connectivity index (χ1v) is 9.01. The summed E-state index contributed by atoms with van der Waals surface area (Å²) in [4.78, 5) is 41.5. The summed E-state index contributed by atoms with van der Waals surface area (Å²) in [6.45, 7) is 5.77. The molecular formula is C20H24N2O4. The normalized spacial score (nSPS) is 14.6. The Morgan fingerprint density at radius 2 is 1.96 bits per heavy atom. The zero-order chi connectivity index (χ0) is 18.9. The van der Waals surface area contributed by atoms with Crippen molar-refractivity contribution in [1.29, 1.82) is 0 Å². The number of esters is 1. The van der Waals surface area contributed by atoms with Gasteiger partial charge in [0.2, 0.25) is 0 Å². The molecule has 0 saturated carbocycles. The number of aryl methyl sites for hydroxylation is 1. The molecule has 26 heavy (non-hydrogen) atoms. The zero-order valence-electron chi connectivity index (χ0n) is 15.5. The summed E-state index contributed by atoms with van der Waals surface area (Å²) in [5.74, 6) is 0.0445. The number of ether oxygens (including phenoxy) is 1. The van der Waals surface area contributed by atoms with E-state index in [0.717, 1.165) is 31.5 Å². The Hall–Kier alpha value is -2.50. The largest absolute Gasteiger partial charge is 0.454 e. The number of nitrogens with zero attached hydrogens (tertiary/aromatic N) is 2. The highest BCUT2D eigenvalue weighted by Crippen LogP contribution is 2.18. The molecule has 1 aromatic carbocycles. The van der Waals surface area contributed by atoms with Gasteiger partial charge in [0.25, 0.3) is 5.56 Å². The van der Waals surface area contributed by atoms with E-state index in [1.54, 1.807) is 43.5 Å². The van der Waals surface area contributed by atoms with Crippen LogP contribution in [-0.4, -0.2) is 27.9 Å².